The average Bonchev–Trinajstić information content (AvgIpc) is 2.07. The Hall–Kier alpha value is -0.520. The molecule has 0 bridgehead atoms. The van der Waals surface area contributed by atoms with E-state index < -0.39 is 0 Å². The van der Waals surface area contributed by atoms with Crippen LogP contribution in [0.3, 0.4) is 0 Å². The summed E-state index contributed by atoms with van der Waals surface area (Å²) in [6.45, 7) is 4.52. The summed E-state index contributed by atoms with van der Waals surface area (Å²) in [6.07, 6.45) is 2.66. The summed E-state index contributed by atoms with van der Waals surface area (Å²) in [5, 5.41) is 0. The van der Waals surface area contributed by atoms with E-state index in [1.165, 1.54) is 25.9 Å². The van der Waals surface area contributed by atoms with Gasteiger partial charge in [0, 0.05) is 12.8 Å². The van der Waals surface area contributed by atoms with Gasteiger partial charge in [0.05, 0.1) is 41.3 Å². The predicted molar refractivity (Wildman–Crippen MR) is 60.7 cm³/mol. The van der Waals surface area contributed by atoms with Crippen LogP contribution in [-0.2, 0) is 0 Å². The lowest BCUT2D eigenvalue weighted by atomic mass is 10.2. The molecule has 0 saturated heterocycles. The molecule has 0 atom stereocenters. The summed E-state index contributed by atoms with van der Waals surface area (Å²) in [4.78, 5) is 0. The topological polar surface area (TPSA) is 0 Å². The van der Waals surface area contributed by atoms with E-state index in [2.05, 4.69) is 40.0 Å². The van der Waals surface area contributed by atoms with Crippen LogP contribution in [-0.4, -0.2) is 63.3 Å². The van der Waals surface area contributed by atoms with Crippen LogP contribution in [0.1, 0.15) is 12.8 Å². The van der Waals surface area contributed by atoms with Crippen molar-refractivity contribution in [1.29, 1.82) is 0 Å². The summed E-state index contributed by atoms with van der Waals surface area (Å²) >= 11 is 0. The van der Waals surface area contributed by atoms with Crippen LogP contribution < -0.4 is 0 Å². The van der Waals surface area contributed by atoms with Crippen molar-refractivity contribution in [2.75, 3.05) is 54.4 Å². The molecule has 0 radical (unpaired) electrons. The largest absolute Gasteiger partial charge is 0.318 e. The Kier molecular flexibility index (Phi) is 3.58. The van der Waals surface area contributed by atoms with Gasteiger partial charge in [-0.2, -0.15) is 0 Å². The van der Waals surface area contributed by atoms with Crippen molar-refractivity contribution in [2.45, 2.75) is 12.8 Å². The van der Waals surface area contributed by atoms with E-state index in [0.717, 1.165) is 22.1 Å². The third-order valence-corrected chi connectivity index (χ3v) is 2.92. The van der Waals surface area contributed by atoms with Crippen LogP contribution in [0.15, 0.2) is 0 Å². The number of hydrogen-bond donors (Lipinski definition) is 0. The Bertz CT molecular complexity index is 219. The fourth-order valence-electron chi connectivity index (χ4n) is 1.78. The van der Waals surface area contributed by atoms with Crippen molar-refractivity contribution in [3.8, 4) is 11.8 Å². The van der Waals surface area contributed by atoms with Crippen LogP contribution in [0.5, 0.6) is 0 Å². The summed E-state index contributed by atoms with van der Waals surface area (Å²) < 4.78 is 2.11. The lowest BCUT2D eigenvalue weighted by molar-refractivity contribution is -0.891. The highest BCUT2D eigenvalue weighted by Crippen LogP contribution is 2.06. The van der Waals surface area contributed by atoms with Crippen molar-refractivity contribution in [2.24, 2.45) is 0 Å². The van der Waals surface area contributed by atoms with Crippen molar-refractivity contribution < 1.29 is 8.97 Å². The van der Waals surface area contributed by atoms with Gasteiger partial charge >= 0.3 is 0 Å². The van der Waals surface area contributed by atoms with E-state index in [9.17, 15) is 0 Å². The van der Waals surface area contributed by atoms with E-state index >= 15 is 0 Å². The van der Waals surface area contributed by atoms with Crippen molar-refractivity contribution in [3.63, 3.8) is 0 Å². The molecule has 14 heavy (non-hydrogen) atoms. The Morgan fingerprint density at radius 2 is 1.07 bits per heavy atom. The summed E-state index contributed by atoms with van der Waals surface area (Å²) in [7, 11) is 9.10. The summed E-state index contributed by atoms with van der Waals surface area (Å²) in [6, 6.07) is 0. The van der Waals surface area contributed by atoms with E-state index in [4.69, 9.17) is 0 Å². The Labute approximate surface area is 88.7 Å². The Morgan fingerprint density at radius 3 is 1.43 bits per heavy atom. The maximum atomic E-state index is 3.31. The van der Waals surface area contributed by atoms with E-state index in [-0.39, 0.29) is 0 Å². The fraction of sp³-hybridized carbons (Fsp3) is 0.833. The maximum Gasteiger partial charge on any atom is 0.140 e. The first-order chi connectivity index (χ1) is 6.41. The zero-order valence-electron chi connectivity index (χ0n) is 10.1. The average molecular weight is 196 g/mol. The monoisotopic (exact) mass is 196 g/mol. The highest BCUT2D eigenvalue weighted by Gasteiger charge is 2.17. The minimum absolute atomic E-state index is 1.00. The lowest BCUT2D eigenvalue weighted by Crippen LogP contribution is -2.44. The Morgan fingerprint density at radius 1 is 0.714 bits per heavy atom. The molecule has 0 saturated carbocycles. The molecule has 80 valence electrons. The number of quaternary nitrogens is 2. The third kappa shape index (κ3) is 4.13. The molecule has 1 heterocycles. The molecular weight excluding hydrogens is 172 g/mol. The second-order valence-electron chi connectivity index (χ2n) is 5.70. The molecular formula is C12H24N2+2. The molecule has 0 N–H and O–H groups in total. The first-order valence-electron chi connectivity index (χ1n) is 5.51. The molecule has 1 aliphatic rings. The van der Waals surface area contributed by atoms with E-state index in [1.54, 1.807) is 0 Å². The molecule has 2 heteroatoms. The molecule has 1 rings (SSSR count). The van der Waals surface area contributed by atoms with Crippen molar-refractivity contribution in [1.82, 2.24) is 0 Å². The number of hydrogen-bond acceptors (Lipinski definition) is 0. The Balaban J connectivity index is 2.62. The second-order valence-corrected chi connectivity index (χ2v) is 5.70. The molecule has 0 aromatic rings. The van der Waals surface area contributed by atoms with Crippen LogP contribution in [0.4, 0.5) is 0 Å². The lowest BCUT2D eigenvalue weighted by Gasteiger charge is -2.31. The smallest absolute Gasteiger partial charge is 0.140 e. The van der Waals surface area contributed by atoms with Gasteiger partial charge in [-0.3, -0.25) is 0 Å². The van der Waals surface area contributed by atoms with Crippen LogP contribution in [0.2, 0.25) is 0 Å². The number of nitrogens with zero attached hydrogens (tertiary/aromatic N) is 2. The molecule has 0 unspecified atom stereocenters. The van der Waals surface area contributed by atoms with E-state index in [1.807, 2.05) is 0 Å². The molecule has 0 amide bonds. The molecule has 1 aliphatic heterocycles. The van der Waals surface area contributed by atoms with Gasteiger partial charge in [-0.1, -0.05) is 0 Å². The van der Waals surface area contributed by atoms with E-state index in [0.29, 0.717) is 0 Å². The molecule has 0 fully saturated rings. The zero-order valence-corrected chi connectivity index (χ0v) is 10.1. The van der Waals surface area contributed by atoms with Crippen LogP contribution >= 0.6 is 0 Å². The number of rotatable bonds is 0. The fourth-order valence-corrected chi connectivity index (χ4v) is 1.78. The van der Waals surface area contributed by atoms with Gasteiger partial charge in [-0.25, -0.2) is 0 Å². The highest BCUT2D eigenvalue weighted by molar-refractivity contribution is 4.99. The van der Waals surface area contributed by atoms with Gasteiger partial charge in [0.15, 0.2) is 0 Å². The standard InChI is InChI=1S/C12H24N2/c1-13(2)9-5-7-11-14(3,4)12-8-6-10-13/h5,7,9-12H2,1-4H3/q+2. The molecule has 0 spiro atoms. The van der Waals surface area contributed by atoms with Gasteiger partial charge < -0.3 is 8.97 Å². The zero-order chi connectivity index (χ0) is 10.7. The molecule has 0 aliphatic carbocycles. The SMILES string of the molecule is C[N+]1(C)CC#CC[N+](C)(C)CCCC1. The summed E-state index contributed by atoms with van der Waals surface area (Å²) in [5.74, 6) is 6.62. The van der Waals surface area contributed by atoms with Gasteiger partial charge in [-0.15, -0.1) is 0 Å². The van der Waals surface area contributed by atoms with Crippen molar-refractivity contribution >= 4 is 0 Å². The normalized spacial score (nSPS) is 26.0. The first-order valence-corrected chi connectivity index (χ1v) is 5.51. The van der Waals surface area contributed by atoms with Crippen LogP contribution in [0.25, 0.3) is 0 Å². The molecule has 2 nitrogen and oxygen atoms in total. The predicted octanol–water partition coefficient (Wildman–Crippen LogP) is 0.936. The minimum atomic E-state index is 1.00. The highest BCUT2D eigenvalue weighted by atomic mass is 15.3. The molecule has 0 aromatic carbocycles. The van der Waals surface area contributed by atoms with Gasteiger partial charge in [-0.05, 0) is 11.8 Å². The van der Waals surface area contributed by atoms with Gasteiger partial charge in [0.1, 0.15) is 13.1 Å². The quantitative estimate of drug-likeness (QED) is 0.399. The van der Waals surface area contributed by atoms with Crippen molar-refractivity contribution in [3.05, 3.63) is 0 Å². The maximum absolute atomic E-state index is 3.31. The third-order valence-electron chi connectivity index (χ3n) is 2.92. The van der Waals surface area contributed by atoms with Gasteiger partial charge in [0.2, 0.25) is 0 Å². The minimum Gasteiger partial charge on any atom is -0.318 e. The summed E-state index contributed by atoms with van der Waals surface area (Å²) in [5.41, 5.74) is 0. The molecule has 0 aromatic heterocycles. The first kappa shape index (κ1) is 11.6. The van der Waals surface area contributed by atoms with Gasteiger partial charge in [0.25, 0.3) is 0 Å². The second kappa shape index (κ2) is 4.33. The van der Waals surface area contributed by atoms with Crippen LogP contribution in [0, 0.1) is 11.8 Å².